The Kier molecular flexibility index (Phi) is 4.57. The van der Waals surface area contributed by atoms with E-state index in [1.807, 2.05) is 55.4 Å². The predicted molar refractivity (Wildman–Crippen MR) is 104 cm³/mol. The molecule has 2 amide bonds. The molecule has 24 heavy (non-hydrogen) atoms. The average molecular weight is 433 g/mol. The summed E-state index contributed by atoms with van der Waals surface area (Å²) in [6, 6.07) is 15.0. The Bertz CT molecular complexity index is 811. The lowest BCUT2D eigenvalue weighted by molar-refractivity contribution is -0.117. The van der Waals surface area contributed by atoms with E-state index in [-0.39, 0.29) is 11.5 Å². The molecule has 0 unspecified atom stereocenters. The highest BCUT2D eigenvalue weighted by molar-refractivity contribution is 14.1. The predicted octanol–water partition coefficient (Wildman–Crippen LogP) is 2.82. The van der Waals surface area contributed by atoms with E-state index in [9.17, 15) is 9.59 Å². The Morgan fingerprint density at radius 1 is 1.00 bits per heavy atom. The maximum atomic E-state index is 12.5. The minimum Gasteiger partial charge on any atom is -0.378 e. The van der Waals surface area contributed by atoms with Crippen LogP contribution < -0.4 is 15.3 Å². The maximum absolute atomic E-state index is 12.5. The zero-order valence-electron chi connectivity index (χ0n) is 13.3. The molecule has 1 N–H and O–H groups in total. The standard InChI is InChI=1S/C18H16IN3O2/c1-21(2)14-7-3-12(4-8-14)11-16-17(23)20-22(18(16)24)15-9-5-13(19)6-10-15/h3-11H,1-2H3,(H,20,23). The number of hydrazine groups is 1. The third kappa shape index (κ3) is 3.28. The number of anilines is 2. The van der Waals surface area contributed by atoms with Crippen molar-refractivity contribution in [2.45, 2.75) is 0 Å². The van der Waals surface area contributed by atoms with Crippen molar-refractivity contribution in [2.24, 2.45) is 0 Å². The number of hydrogen-bond acceptors (Lipinski definition) is 3. The summed E-state index contributed by atoms with van der Waals surface area (Å²) in [7, 11) is 3.92. The zero-order valence-corrected chi connectivity index (χ0v) is 15.4. The van der Waals surface area contributed by atoms with Crippen LogP contribution in [0.1, 0.15) is 5.56 Å². The molecule has 122 valence electrons. The van der Waals surface area contributed by atoms with E-state index in [1.54, 1.807) is 18.2 Å². The van der Waals surface area contributed by atoms with Crippen molar-refractivity contribution in [1.29, 1.82) is 0 Å². The van der Waals surface area contributed by atoms with Crippen molar-refractivity contribution in [3.8, 4) is 0 Å². The molecule has 1 saturated heterocycles. The first-order valence-corrected chi connectivity index (χ1v) is 8.43. The average Bonchev–Trinajstić information content (AvgIpc) is 2.84. The van der Waals surface area contributed by atoms with Gasteiger partial charge in [0.2, 0.25) is 0 Å². The first kappa shape index (κ1) is 16.5. The maximum Gasteiger partial charge on any atom is 0.282 e. The summed E-state index contributed by atoms with van der Waals surface area (Å²) in [6.07, 6.45) is 1.61. The summed E-state index contributed by atoms with van der Waals surface area (Å²) in [5, 5.41) is 1.28. The van der Waals surface area contributed by atoms with Gasteiger partial charge in [-0.15, -0.1) is 0 Å². The number of nitrogens with one attached hydrogen (secondary N) is 1. The van der Waals surface area contributed by atoms with Crippen molar-refractivity contribution in [3.63, 3.8) is 0 Å². The normalized spacial score (nSPS) is 15.8. The lowest BCUT2D eigenvalue weighted by Crippen LogP contribution is -2.35. The first-order valence-electron chi connectivity index (χ1n) is 7.36. The zero-order chi connectivity index (χ0) is 17.3. The number of benzene rings is 2. The van der Waals surface area contributed by atoms with Crippen molar-refractivity contribution >= 4 is 51.9 Å². The molecule has 0 bridgehead atoms. The molecular weight excluding hydrogens is 417 g/mol. The van der Waals surface area contributed by atoms with Gasteiger partial charge < -0.3 is 4.90 Å². The molecule has 0 radical (unpaired) electrons. The minimum absolute atomic E-state index is 0.131. The van der Waals surface area contributed by atoms with Crippen molar-refractivity contribution in [2.75, 3.05) is 24.0 Å². The Morgan fingerprint density at radius 2 is 1.62 bits per heavy atom. The number of hydrogen-bond donors (Lipinski definition) is 1. The second-order valence-corrected chi connectivity index (χ2v) is 6.85. The Balaban J connectivity index is 1.87. The van der Waals surface area contributed by atoms with Gasteiger partial charge in [0.05, 0.1) is 5.69 Å². The highest BCUT2D eigenvalue weighted by Gasteiger charge is 2.34. The van der Waals surface area contributed by atoms with Gasteiger partial charge in [-0.1, -0.05) is 12.1 Å². The third-order valence-electron chi connectivity index (χ3n) is 3.70. The smallest absolute Gasteiger partial charge is 0.282 e. The van der Waals surface area contributed by atoms with Crippen molar-refractivity contribution < 1.29 is 9.59 Å². The molecule has 0 aliphatic carbocycles. The molecule has 6 heteroatoms. The van der Waals surface area contributed by atoms with Crippen LogP contribution in [-0.4, -0.2) is 25.9 Å². The number of halogens is 1. The van der Waals surface area contributed by atoms with E-state index < -0.39 is 5.91 Å². The highest BCUT2D eigenvalue weighted by Crippen LogP contribution is 2.23. The van der Waals surface area contributed by atoms with Gasteiger partial charge >= 0.3 is 0 Å². The first-order chi connectivity index (χ1) is 11.5. The highest BCUT2D eigenvalue weighted by atomic mass is 127. The summed E-state index contributed by atoms with van der Waals surface area (Å²) in [6.45, 7) is 0. The van der Waals surface area contributed by atoms with E-state index in [0.717, 1.165) is 14.8 Å². The molecule has 0 spiro atoms. The molecular formula is C18H16IN3O2. The molecule has 0 aromatic heterocycles. The van der Waals surface area contributed by atoms with Gasteiger partial charge in [0.25, 0.3) is 11.8 Å². The van der Waals surface area contributed by atoms with E-state index in [0.29, 0.717) is 5.69 Å². The summed E-state index contributed by atoms with van der Waals surface area (Å²) in [4.78, 5) is 26.7. The van der Waals surface area contributed by atoms with Crippen LogP contribution in [0.15, 0.2) is 54.1 Å². The van der Waals surface area contributed by atoms with Gasteiger partial charge in [-0.2, -0.15) is 0 Å². The fourth-order valence-electron chi connectivity index (χ4n) is 2.36. The van der Waals surface area contributed by atoms with Crippen LogP contribution in [0, 0.1) is 3.57 Å². The second-order valence-electron chi connectivity index (χ2n) is 5.60. The van der Waals surface area contributed by atoms with Crippen LogP contribution in [0.5, 0.6) is 0 Å². The van der Waals surface area contributed by atoms with E-state index in [2.05, 4.69) is 28.0 Å². The Hall–Kier alpha value is -2.35. The van der Waals surface area contributed by atoms with E-state index >= 15 is 0 Å². The fourth-order valence-corrected chi connectivity index (χ4v) is 2.72. The van der Waals surface area contributed by atoms with Crippen LogP contribution in [0.2, 0.25) is 0 Å². The summed E-state index contributed by atoms with van der Waals surface area (Å²) in [5.41, 5.74) is 5.24. The van der Waals surface area contributed by atoms with E-state index in [1.165, 1.54) is 5.01 Å². The monoisotopic (exact) mass is 433 g/mol. The van der Waals surface area contributed by atoms with Gasteiger partial charge in [0.15, 0.2) is 0 Å². The Morgan fingerprint density at radius 3 is 2.21 bits per heavy atom. The largest absolute Gasteiger partial charge is 0.378 e. The quantitative estimate of drug-likeness (QED) is 0.460. The molecule has 2 aromatic carbocycles. The third-order valence-corrected chi connectivity index (χ3v) is 4.42. The van der Waals surface area contributed by atoms with Crippen molar-refractivity contribution in [1.82, 2.24) is 5.43 Å². The van der Waals surface area contributed by atoms with Gasteiger partial charge in [0.1, 0.15) is 5.57 Å². The molecule has 3 rings (SSSR count). The van der Waals surface area contributed by atoms with Crippen molar-refractivity contribution in [3.05, 3.63) is 63.2 Å². The number of carbonyl (C=O) groups is 2. The lowest BCUT2D eigenvalue weighted by atomic mass is 10.1. The van der Waals surface area contributed by atoms with Crippen LogP contribution >= 0.6 is 22.6 Å². The van der Waals surface area contributed by atoms with Gasteiger partial charge in [-0.3, -0.25) is 15.0 Å². The number of rotatable bonds is 3. The fraction of sp³-hybridized carbons (Fsp3) is 0.111. The minimum atomic E-state index is -0.393. The second kappa shape index (κ2) is 6.64. The van der Waals surface area contributed by atoms with Crippen LogP contribution in [0.25, 0.3) is 6.08 Å². The number of amides is 2. The molecule has 2 aromatic rings. The number of nitrogens with zero attached hydrogens (tertiary/aromatic N) is 2. The molecule has 1 fully saturated rings. The summed E-state index contributed by atoms with van der Waals surface area (Å²) < 4.78 is 1.06. The molecule has 1 heterocycles. The van der Waals surface area contributed by atoms with Crippen LogP contribution in [0.3, 0.4) is 0 Å². The summed E-state index contributed by atoms with van der Waals surface area (Å²) >= 11 is 2.19. The van der Waals surface area contributed by atoms with Crippen LogP contribution in [0.4, 0.5) is 11.4 Å². The Labute approximate surface area is 154 Å². The van der Waals surface area contributed by atoms with Gasteiger partial charge in [0, 0.05) is 23.4 Å². The number of carbonyl (C=O) groups excluding carboxylic acids is 2. The topological polar surface area (TPSA) is 52.7 Å². The van der Waals surface area contributed by atoms with Crippen LogP contribution in [-0.2, 0) is 9.59 Å². The lowest BCUT2D eigenvalue weighted by Gasteiger charge is -2.14. The molecule has 1 aliphatic rings. The SMILES string of the molecule is CN(C)c1ccc(C=C2C(=O)NN(c3ccc(I)cc3)C2=O)cc1. The molecule has 5 nitrogen and oxygen atoms in total. The van der Waals surface area contributed by atoms with E-state index in [4.69, 9.17) is 0 Å². The molecule has 1 aliphatic heterocycles. The molecule has 0 saturated carbocycles. The van der Waals surface area contributed by atoms with Gasteiger partial charge in [-0.05, 0) is 70.6 Å². The summed E-state index contributed by atoms with van der Waals surface area (Å²) in [5.74, 6) is -0.742. The van der Waals surface area contributed by atoms with Gasteiger partial charge in [-0.25, -0.2) is 5.01 Å². The molecule has 0 atom stereocenters.